The monoisotopic (exact) mass is 272 g/mol. The van der Waals surface area contributed by atoms with Crippen molar-refractivity contribution >= 4 is 11.9 Å². The zero-order chi connectivity index (χ0) is 14.6. The number of nitrogens with one attached hydrogen (secondary N) is 1. The van der Waals surface area contributed by atoms with Crippen LogP contribution >= 0.6 is 0 Å². The standard InChI is InChI=1S/C15H20N4O/c1-11-9-12(2)18-14(17-11)19-13(20)15(10-16)7-5-3-4-6-8-15/h9H,3-8H2,1-2H3,(H,17,18,19,20). The minimum absolute atomic E-state index is 0.257. The van der Waals surface area contributed by atoms with Crippen molar-refractivity contribution in [1.82, 2.24) is 9.97 Å². The SMILES string of the molecule is Cc1cc(C)nc(NC(=O)C2(C#N)CCCCCC2)n1. The van der Waals surface area contributed by atoms with E-state index in [0.29, 0.717) is 18.8 Å². The van der Waals surface area contributed by atoms with Gasteiger partial charge in [-0.05, 0) is 32.8 Å². The van der Waals surface area contributed by atoms with Crippen molar-refractivity contribution in [1.29, 1.82) is 5.26 Å². The van der Waals surface area contributed by atoms with Gasteiger partial charge in [0, 0.05) is 11.4 Å². The molecular formula is C15H20N4O. The summed E-state index contributed by atoms with van der Waals surface area (Å²) >= 11 is 0. The number of hydrogen-bond acceptors (Lipinski definition) is 4. The molecule has 5 nitrogen and oxygen atoms in total. The molecule has 0 unspecified atom stereocenters. The van der Waals surface area contributed by atoms with Crippen molar-refractivity contribution in [3.63, 3.8) is 0 Å². The second kappa shape index (κ2) is 6.00. The number of carbonyl (C=O) groups excluding carboxylic acids is 1. The van der Waals surface area contributed by atoms with E-state index < -0.39 is 5.41 Å². The molecule has 1 aliphatic carbocycles. The second-order valence-corrected chi connectivity index (χ2v) is 5.54. The molecule has 0 spiro atoms. The number of anilines is 1. The van der Waals surface area contributed by atoms with E-state index in [1.807, 2.05) is 19.9 Å². The summed E-state index contributed by atoms with van der Waals surface area (Å²) in [6.45, 7) is 3.71. The quantitative estimate of drug-likeness (QED) is 0.839. The number of nitriles is 1. The lowest BCUT2D eigenvalue weighted by molar-refractivity contribution is -0.123. The van der Waals surface area contributed by atoms with Crippen molar-refractivity contribution in [3.8, 4) is 6.07 Å². The second-order valence-electron chi connectivity index (χ2n) is 5.54. The molecule has 1 aliphatic rings. The fraction of sp³-hybridized carbons (Fsp3) is 0.600. The van der Waals surface area contributed by atoms with Crippen LogP contribution in [0.1, 0.15) is 49.9 Å². The van der Waals surface area contributed by atoms with Gasteiger partial charge >= 0.3 is 0 Å². The fourth-order valence-corrected chi connectivity index (χ4v) is 2.72. The van der Waals surface area contributed by atoms with E-state index in [2.05, 4.69) is 21.4 Å². The number of rotatable bonds is 2. The summed E-state index contributed by atoms with van der Waals surface area (Å²) in [5, 5.41) is 12.2. The predicted molar refractivity (Wildman–Crippen MR) is 75.9 cm³/mol. The Morgan fingerprint density at radius 1 is 1.20 bits per heavy atom. The molecule has 0 aromatic carbocycles. The minimum Gasteiger partial charge on any atom is -0.293 e. The lowest BCUT2D eigenvalue weighted by atomic mass is 9.81. The van der Waals surface area contributed by atoms with E-state index >= 15 is 0 Å². The third kappa shape index (κ3) is 3.13. The smallest absolute Gasteiger partial charge is 0.247 e. The summed E-state index contributed by atoms with van der Waals surface area (Å²) in [5.41, 5.74) is 0.691. The van der Waals surface area contributed by atoms with Crippen molar-refractivity contribution < 1.29 is 4.79 Å². The Labute approximate surface area is 119 Å². The number of carbonyl (C=O) groups is 1. The van der Waals surface area contributed by atoms with Gasteiger partial charge in [-0.15, -0.1) is 0 Å². The van der Waals surface area contributed by atoms with Crippen molar-refractivity contribution in [3.05, 3.63) is 17.5 Å². The third-order valence-electron chi connectivity index (χ3n) is 3.81. The molecule has 0 bridgehead atoms. The Bertz CT molecular complexity index is 519. The van der Waals surface area contributed by atoms with Crippen LogP contribution in [0.5, 0.6) is 0 Å². The van der Waals surface area contributed by atoms with E-state index in [0.717, 1.165) is 37.1 Å². The molecule has 2 rings (SSSR count). The Morgan fingerprint density at radius 3 is 2.25 bits per heavy atom. The highest BCUT2D eigenvalue weighted by Gasteiger charge is 2.39. The Morgan fingerprint density at radius 2 is 1.75 bits per heavy atom. The largest absolute Gasteiger partial charge is 0.293 e. The number of hydrogen-bond donors (Lipinski definition) is 1. The van der Waals surface area contributed by atoms with Gasteiger partial charge in [0.15, 0.2) is 0 Å². The first kappa shape index (κ1) is 14.4. The van der Waals surface area contributed by atoms with Crippen LogP contribution in [0.25, 0.3) is 0 Å². The molecule has 0 radical (unpaired) electrons. The summed E-state index contributed by atoms with van der Waals surface area (Å²) in [4.78, 5) is 20.9. The van der Waals surface area contributed by atoms with Gasteiger partial charge in [-0.1, -0.05) is 25.7 Å². The maximum absolute atomic E-state index is 12.5. The van der Waals surface area contributed by atoms with Crippen LogP contribution in [-0.4, -0.2) is 15.9 Å². The zero-order valence-corrected chi connectivity index (χ0v) is 12.1. The highest BCUT2D eigenvalue weighted by molar-refractivity contribution is 5.96. The topological polar surface area (TPSA) is 78.7 Å². The lowest BCUT2D eigenvalue weighted by Gasteiger charge is -2.23. The van der Waals surface area contributed by atoms with Crippen LogP contribution < -0.4 is 5.32 Å². The summed E-state index contributed by atoms with van der Waals surface area (Å²) in [5.74, 6) is 0.0401. The first-order valence-corrected chi connectivity index (χ1v) is 7.11. The van der Waals surface area contributed by atoms with E-state index in [1.54, 1.807) is 0 Å². The maximum Gasteiger partial charge on any atom is 0.247 e. The van der Waals surface area contributed by atoms with E-state index in [-0.39, 0.29) is 5.91 Å². The summed E-state index contributed by atoms with van der Waals surface area (Å²) in [6.07, 6.45) is 5.29. The normalized spacial score (nSPS) is 17.9. The average Bonchev–Trinajstić information content (AvgIpc) is 2.63. The molecule has 0 saturated heterocycles. The Balaban J connectivity index is 2.19. The van der Waals surface area contributed by atoms with Gasteiger partial charge in [-0.2, -0.15) is 5.26 Å². The van der Waals surface area contributed by atoms with E-state index in [1.165, 1.54) is 0 Å². The molecular weight excluding hydrogens is 252 g/mol. The zero-order valence-electron chi connectivity index (χ0n) is 12.1. The van der Waals surface area contributed by atoms with Gasteiger partial charge in [0.2, 0.25) is 11.9 Å². The van der Waals surface area contributed by atoms with Gasteiger partial charge in [0.05, 0.1) is 6.07 Å². The highest BCUT2D eigenvalue weighted by Crippen LogP contribution is 2.35. The van der Waals surface area contributed by atoms with Crippen LogP contribution in [0.3, 0.4) is 0 Å². The van der Waals surface area contributed by atoms with Gasteiger partial charge in [0.25, 0.3) is 0 Å². The van der Waals surface area contributed by atoms with Crippen molar-refractivity contribution in [2.24, 2.45) is 5.41 Å². The van der Waals surface area contributed by atoms with Crippen molar-refractivity contribution in [2.75, 3.05) is 5.32 Å². The molecule has 20 heavy (non-hydrogen) atoms. The highest BCUT2D eigenvalue weighted by atomic mass is 16.2. The average molecular weight is 272 g/mol. The first-order valence-electron chi connectivity index (χ1n) is 7.11. The van der Waals surface area contributed by atoms with Crippen LogP contribution in [0, 0.1) is 30.6 Å². The molecule has 1 fully saturated rings. The maximum atomic E-state index is 12.5. The van der Waals surface area contributed by atoms with Crippen LogP contribution in [0.4, 0.5) is 5.95 Å². The fourth-order valence-electron chi connectivity index (χ4n) is 2.72. The molecule has 1 heterocycles. The molecule has 1 aromatic rings. The Hall–Kier alpha value is -1.96. The van der Waals surface area contributed by atoms with E-state index in [4.69, 9.17) is 0 Å². The molecule has 1 amide bonds. The lowest BCUT2D eigenvalue weighted by Crippen LogP contribution is -2.35. The van der Waals surface area contributed by atoms with Gasteiger partial charge < -0.3 is 0 Å². The minimum atomic E-state index is -0.919. The third-order valence-corrected chi connectivity index (χ3v) is 3.81. The molecule has 0 atom stereocenters. The summed E-state index contributed by atoms with van der Waals surface area (Å²) < 4.78 is 0. The van der Waals surface area contributed by atoms with Crippen LogP contribution in [0.2, 0.25) is 0 Å². The van der Waals surface area contributed by atoms with Crippen LogP contribution in [0.15, 0.2) is 6.07 Å². The summed E-state index contributed by atoms with van der Waals surface area (Å²) in [7, 11) is 0. The van der Waals surface area contributed by atoms with Crippen molar-refractivity contribution in [2.45, 2.75) is 52.4 Å². The van der Waals surface area contributed by atoms with Crippen LogP contribution in [-0.2, 0) is 4.79 Å². The predicted octanol–water partition coefficient (Wildman–Crippen LogP) is 2.90. The number of nitrogens with zero attached hydrogens (tertiary/aromatic N) is 3. The molecule has 1 saturated carbocycles. The number of aryl methyl sites for hydroxylation is 2. The molecule has 106 valence electrons. The Kier molecular flexibility index (Phi) is 4.33. The summed E-state index contributed by atoms with van der Waals surface area (Å²) in [6, 6.07) is 4.09. The number of aromatic nitrogens is 2. The van der Waals surface area contributed by atoms with Gasteiger partial charge in [-0.3, -0.25) is 10.1 Å². The number of amides is 1. The van der Waals surface area contributed by atoms with E-state index in [9.17, 15) is 10.1 Å². The first-order chi connectivity index (χ1) is 9.55. The molecule has 0 aliphatic heterocycles. The molecule has 1 aromatic heterocycles. The molecule has 5 heteroatoms. The van der Waals surface area contributed by atoms with Gasteiger partial charge in [0.1, 0.15) is 5.41 Å². The van der Waals surface area contributed by atoms with Gasteiger partial charge in [-0.25, -0.2) is 9.97 Å². The molecule has 1 N–H and O–H groups in total.